The Morgan fingerprint density at radius 3 is 2.76 bits per heavy atom. The molecule has 2 aromatic heterocycles. The van der Waals surface area contributed by atoms with E-state index in [1.54, 1.807) is 6.33 Å². The summed E-state index contributed by atoms with van der Waals surface area (Å²) >= 11 is 5.98. The monoisotopic (exact) mass is 301 g/mol. The Morgan fingerprint density at radius 1 is 1.19 bits per heavy atom. The molecule has 1 aromatic carbocycles. The molecule has 0 aliphatic carbocycles. The number of aromatic nitrogens is 4. The van der Waals surface area contributed by atoms with Gasteiger partial charge in [0.1, 0.15) is 5.52 Å². The molecule has 0 bridgehead atoms. The third-order valence-electron chi connectivity index (χ3n) is 3.21. The molecule has 0 saturated carbocycles. The molecule has 1 N–H and O–H groups in total. The van der Waals surface area contributed by atoms with E-state index in [-0.39, 0.29) is 5.28 Å². The Hall–Kier alpha value is -2.14. The molecule has 21 heavy (non-hydrogen) atoms. The number of hydrogen-bond acceptors (Lipinski definition) is 4. The van der Waals surface area contributed by atoms with Crippen molar-refractivity contribution in [3.05, 3.63) is 47.5 Å². The highest BCUT2D eigenvalue weighted by molar-refractivity contribution is 6.28. The van der Waals surface area contributed by atoms with Gasteiger partial charge in [0.2, 0.25) is 5.28 Å². The second-order valence-corrected chi connectivity index (χ2v) is 5.13. The summed E-state index contributed by atoms with van der Waals surface area (Å²) in [4.78, 5) is 12.8. The summed E-state index contributed by atoms with van der Waals surface area (Å²) in [6, 6.07) is 10.2. The fraction of sp³-hybridized carbons (Fsp3) is 0.267. The van der Waals surface area contributed by atoms with Crippen molar-refractivity contribution in [2.75, 3.05) is 5.32 Å². The van der Waals surface area contributed by atoms with Gasteiger partial charge in [0.15, 0.2) is 11.5 Å². The summed E-state index contributed by atoms with van der Waals surface area (Å²) in [5.74, 6) is 0.722. The zero-order valence-corrected chi connectivity index (χ0v) is 12.5. The first-order chi connectivity index (χ1) is 10.3. The van der Waals surface area contributed by atoms with Gasteiger partial charge < -0.3 is 9.88 Å². The van der Waals surface area contributed by atoms with Crippen LogP contribution in [0.1, 0.15) is 18.9 Å². The Morgan fingerprint density at radius 2 is 2.00 bits per heavy atom. The molecule has 2 heterocycles. The van der Waals surface area contributed by atoms with Crippen LogP contribution < -0.4 is 5.32 Å². The zero-order chi connectivity index (χ0) is 14.7. The molecule has 0 fully saturated rings. The summed E-state index contributed by atoms with van der Waals surface area (Å²) < 4.78 is 2.05. The molecule has 108 valence electrons. The molecule has 6 heteroatoms. The van der Waals surface area contributed by atoms with E-state index in [1.807, 2.05) is 18.2 Å². The van der Waals surface area contributed by atoms with Gasteiger partial charge in [-0.05, 0) is 23.6 Å². The van der Waals surface area contributed by atoms with E-state index in [0.29, 0.717) is 12.2 Å². The average molecular weight is 302 g/mol. The first-order valence-electron chi connectivity index (χ1n) is 6.94. The highest BCUT2D eigenvalue weighted by atomic mass is 35.5. The number of anilines is 1. The smallest absolute Gasteiger partial charge is 0.226 e. The van der Waals surface area contributed by atoms with Gasteiger partial charge >= 0.3 is 0 Å². The fourth-order valence-corrected chi connectivity index (χ4v) is 2.43. The first kappa shape index (κ1) is 13.8. The molecule has 0 saturated heterocycles. The lowest BCUT2D eigenvalue weighted by Gasteiger charge is -2.09. The number of aryl methyl sites for hydroxylation is 1. The van der Waals surface area contributed by atoms with E-state index in [4.69, 9.17) is 11.6 Å². The molecular weight excluding hydrogens is 286 g/mol. The van der Waals surface area contributed by atoms with Crippen LogP contribution in [-0.2, 0) is 13.1 Å². The van der Waals surface area contributed by atoms with E-state index in [9.17, 15) is 0 Å². The van der Waals surface area contributed by atoms with Crippen LogP contribution in [0.4, 0.5) is 5.82 Å². The molecule has 0 unspecified atom stereocenters. The normalized spacial score (nSPS) is 11.0. The van der Waals surface area contributed by atoms with Crippen LogP contribution in [0.15, 0.2) is 36.7 Å². The van der Waals surface area contributed by atoms with E-state index in [1.165, 1.54) is 5.56 Å². The van der Waals surface area contributed by atoms with Crippen LogP contribution in [0.25, 0.3) is 11.2 Å². The molecule has 0 aliphatic rings. The van der Waals surface area contributed by atoms with Gasteiger partial charge in [0, 0.05) is 13.1 Å². The summed E-state index contributed by atoms with van der Waals surface area (Å²) in [6.07, 6.45) is 2.80. The van der Waals surface area contributed by atoms with Crippen molar-refractivity contribution in [1.29, 1.82) is 0 Å². The van der Waals surface area contributed by atoms with Gasteiger partial charge in [-0.1, -0.05) is 37.3 Å². The average Bonchev–Trinajstić information content (AvgIpc) is 2.89. The van der Waals surface area contributed by atoms with Gasteiger partial charge in [-0.15, -0.1) is 0 Å². The van der Waals surface area contributed by atoms with Crippen molar-refractivity contribution in [3.63, 3.8) is 0 Å². The van der Waals surface area contributed by atoms with Crippen molar-refractivity contribution >= 4 is 28.6 Å². The molecule has 0 radical (unpaired) electrons. The van der Waals surface area contributed by atoms with Gasteiger partial charge in [-0.25, -0.2) is 4.98 Å². The highest BCUT2D eigenvalue weighted by Crippen LogP contribution is 2.22. The van der Waals surface area contributed by atoms with Crippen LogP contribution in [0.2, 0.25) is 5.28 Å². The van der Waals surface area contributed by atoms with Gasteiger partial charge in [0.25, 0.3) is 0 Å². The molecule has 3 aromatic rings. The number of nitrogens with zero attached hydrogens (tertiary/aromatic N) is 4. The molecule has 3 rings (SSSR count). The molecule has 0 spiro atoms. The summed E-state index contributed by atoms with van der Waals surface area (Å²) in [5, 5.41) is 3.54. The van der Waals surface area contributed by atoms with Crippen molar-refractivity contribution in [3.8, 4) is 0 Å². The predicted molar refractivity (Wildman–Crippen MR) is 84.4 cm³/mol. The van der Waals surface area contributed by atoms with E-state index in [2.05, 4.69) is 43.9 Å². The van der Waals surface area contributed by atoms with E-state index in [0.717, 1.165) is 24.3 Å². The van der Waals surface area contributed by atoms with Crippen LogP contribution in [0.3, 0.4) is 0 Å². The molecule has 0 amide bonds. The number of benzene rings is 1. The van der Waals surface area contributed by atoms with E-state index < -0.39 is 0 Å². The maximum atomic E-state index is 5.98. The predicted octanol–water partition coefficient (Wildman–Crippen LogP) is 3.50. The van der Waals surface area contributed by atoms with Crippen molar-refractivity contribution < 1.29 is 0 Å². The fourth-order valence-electron chi connectivity index (χ4n) is 2.27. The third-order valence-corrected chi connectivity index (χ3v) is 3.38. The molecule has 5 nitrogen and oxygen atoms in total. The highest BCUT2D eigenvalue weighted by Gasteiger charge is 2.12. The molecule has 0 aliphatic heterocycles. The van der Waals surface area contributed by atoms with Crippen LogP contribution >= 0.6 is 11.6 Å². The van der Waals surface area contributed by atoms with Crippen LogP contribution in [0.5, 0.6) is 0 Å². The number of rotatable bonds is 5. The van der Waals surface area contributed by atoms with Gasteiger partial charge in [0.05, 0.1) is 6.33 Å². The minimum absolute atomic E-state index is 0.208. The number of fused-ring (bicyclic) bond motifs is 1. The third kappa shape index (κ3) is 2.97. The summed E-state index contributed by atoms with van der Waals surface area (Å²) in [5.41, 5.74) is 2.71. The maximum absolute atomic E-state index is 5.98. The van der Waals surface area contributed by atoms with Gasteiger partial charge in [-0.3, -0.25) is 0 Å². The van der Waals surface area contributed by atoms with Crippen molar-refractivity contribution in [2.45, 2.75) is 26.4 Å². The second kappa shape index (κ2) is 6.10. The SMILES string of the molecule is CCCn1cnc2nc(Cl)nc(NCc3ccccc3)c21. The quantitative estimate of drug-likeness (QED) is 0.733. The largest absolute Gasteiger partial charge is 0.364 e. The second-order valence-electron chi connectivity index (χ2n) is 4.79. The lowest BCUT2D eigenvalue weighted by molar-refractivity contribution is 0.696. The number of imidazole rings is 1. The number of hydrogen-bond donors (Lipinski definition) is 1. The summed E-state index contributed by atoms with van der Waals surface area (Å²) in [7, 11) is 0. The molecule has 0 atom stereocenters. The minimum Gasteiger partial charge on any atom is -0.364 e. The van der Waals surface area contributed by atoms with Crippen LogP contribution in [0, 0.1) is 0 Å². The van der Waals surface area contributed by atoms with Crippen molar-refractivity contribution in [1.82, 2.24) is 19.5 Å². The first-order valence-corrected chi connectivity index (χ1v) is 7.32. The number of halogens is 1. The van der Waals surface area contributed by atoms with E-state index >= 15 is 0 Å². The van der Waals surface area contributed by atoms with Crippen LogP contribution in [-0.4, -0.2) is 19.5 Å². The Balaban J connectivity index is 1.94. The lowest BCUT2D eigenvalue weighted by atomic mass is 10.2. The Bertz CT molecular complexity index is 738. The Labute approximate surface area is 128 Å². The summed E-state index contributed by atoms with van der Waals surface area (Å²) in [6.45, 7) is 3.68. The minimum atomic E-state index is 0.208. The maximum Gasteiger partial charge on any atom is 0.226 e. The molecular formula is C15H16ClN5. The van der Waals surface area contributed by atoms with Gasteiger partial charge in [-0.2, -0.15) is 9.97 Å². The number of nitrogens with one attached hydrogen (secondary N) is 1. The lowest BCUT2D eigenvalue weighted by Crippen LogP contribution is -2.06. The topological polar surface area (TPSA) is 55.6 Å². The standard InChI is InChI=1S/C15H16ClN5/c1-2-8-21-10-18-14-12(21)13(19-15(16)20-14)17-9-11-6-4-3-5-7-11/h3-7,10H,2,8-9H2,1H3,(H,17,19,20). The zero-order valence-electron chi connectivity index (χ0n) is 11.8. The van der Waals surface area contributed by atoms with Crippen molar-refractivity contribution in [2.24, 2.45) is 0 Å². The Kier molecular flexibility index (Phi) is 4.01.